The zero-order valence-electron chi connectivity index (χ0n) is 12.6. The summed E-state index contributed by atoms with van der Waals surface area (Å²) in [6, 6.07) is 4.01. The first-order valence-electron chi connectivity index (χ1n) is 6.98. The molecule has 122 valence electrons. The van der Waals surface area contributed by atoms with E-state index in [0.29, 0.717) is 25.4 Å². The van der Waals surface area contributed by atoms with E-state index in [4.69, 9.17) is 14.6 Å². The van der Waals surface area contributed by atoms with Crippen LogP contribution in [0.3, 0.4) is 0 Å². The van der Waals surface area contributed by atoms with Crippen LogP contribution >= 0.6 is 0 Å². The number of carbonyl (C=O) groups is 1. The number of carbonyl (C=O) groups excluding carboxylic acids is 1. The number of hydrogen-bond donors (Lipinski definition) is 1. The van der Waals surface area contributed by atoms with Gasteiger partial charge in [0, 0.05) is 13.1 Å². The molecule has 7 nitrogen and oxygen atoms in total. The SMILES string of the molecule is CCC1CN(C(=O)c2cc(S(N)(=O)=O)ccc2OC)CCO1. The van der Waals surface area contributed by atoms with Gasteiger partial charge in [-0.15, -0.1) is 0 Å². The topological polar surface area (TPSA) is 98.9 Å². The number of amides is 1. The van der Waals surface area contributed by atoms with E-state index in [0.717, 1.165) is 6.42 Å². The minimum Gasteiger partial charge on any atom is -0.496 e. The second kappa shape index (κ2) is 6.64. The molecule has 0 spiro atoms. The number of primary sulfonamides is 1. The number of hydrogen-bond acceptors (Lipinski definition) is 5. The summed E-state index contributed by atoms with van der Waals surface area (Å²) >= 11 is 0. The Labute approximate surface area is 130 Å². The van der Waals surface area contributed by atoms with Gasteiger partial charge in [0.05, 0.1) is 30.3 Å². The Morgan fingerprint density at radius 3 is 2.82 bits per heavy atom. The zero-order chi connectivity index (χ0) is 16.3. The molecule has 1 aliphatic rings. The third-order valence-corrected chi connectivity index (χ3v) is 4.52. The smallest absolute Gasteiger partial charge is 0.257 e. The first kappa shape index (κ1) is 16.7. The van der Waals surface area contributed by atoms with Gasteiger partial charge < -0.3 is 14.4 Å². The summed E-state index contributed by atoms with van der Waals surface area (Å²) in [5.74, 6) is 0.0287. The van der Waals surface area contributed by atoms with Crippen LogP contribution in [0.15, 0.2) is 23.1 Å². The molecule has 1 heterocycles. The molecule has 0 aromatic heterocycles. The Morgan fingerprint density at radius 2 is 2.23 bits per heavy atom. The molecule has 1 atom stereocenters. The minimum atomic E-state index is -3.88. The lowest BCUT2D eigenvalue weighted by Gasteiger charge is -2.32. The Bertz CT molecular complexity index is 659. The molecule has 0 saturated carbocycles. The molecule has 22 heavy (non-hydrogen) atoms. The summed E-state index contributed by atoms with van der Waals surface area (Å²) in [6.45, 7) is 3.37. The van der Waals surface area contributed by atoms with Crippen molar-refractivity contribution in [2.24, 2.45) is 5.14 Å². The van der Waals surface area contributed by atoms with Crippen molar-refractivity contribution in [3.05, 3.63) is 23.8 Å². The molecule has 1 amide bonds. The highest BCUT2D eigenvalue weighted by atomic mass is 32.2. The van der Waals surface area contributed by atoms with Gasteiger partial charge in [-0.2, -0.15) is 0 Å². The molecule has 1 aliphatic heterocycles. The van der Waals surface area contributed by atoms with Crippen LogP contribution in [0.25, 0.3) is 0 Å². The summed E-state index contributed by atoms with van der Waals surface area (Å²) in [7, 11) is -2.45. The van der Waals surface area contributed by atoms with E-state index in [9.17, 15) is 13.2 Å². The minimum absolute atomic E-state index is 0.00915. The van der Waals surface area contributed by atoms with Gasteiger partial charge in [0.25, 0.3) is 5.91 Å². The summed E-state index contributed by atoms with van der Waals surface area (Å²) in [5.41, 5.74) is 0.186. The monoisotopic (exact) mass is 328 g/mol. The lowest BCUT2D eigenvalue weighted by Crippen LogP contribution is -2.45. The van der Waals surface area contributed by atoms with Crippen molar-refractivity contribution >= 4 is 15.9 Å². The fourth-order valence-electron chi connectivity index (χ4n) is 2.35. The van der Waals surface area contributed by atoms with Crippen LogP contribution in [0.1, 0.15) is 23.7 Å². The fraction of sp³-hybridized carbons (Fsp3) is 0.500. The number of ether oxygens (including phenoxy) is 2. The van der Waals surface area contributed by atoms with Gasteiger partial charge >= 0.3 is 0 Å². The Hall–Kier alpha value is -1.64. The van der Waals surface area contributed by atoms with Crippen LogP contribution in [0.2, 0.25) is 0 Å². The highest BCUT2D eigenvalue weighted by molar-refractivity contribution is 7.89. The van der Waals surface area contributed by atoms with E-state index in [1.165, 1.54) is 25.3 Å². The normalized spacial score (nSPS) is 19.0. The van der Waals surface area contributed by atoms with Gasteiger partial charge in [-0.1, -0.05) is 6.92 Å². The number of nitrogens with two attached hydrogens (primary N) is 1. The molecular formula is C14H20N2O5S. The number of methoxy groups -OCH3 is 1. The molecule has 1 fully saturated rings. The zero-order valence-corrected chi connectivity index (χ0v) is 13.4. The van der Waals surface area contributed by atoms with Gasteiger partial charge in [0.15, 0.2) is 0 Å². The predicted molar refractivity (Wildman–Crippen MR) is 80.3 cm³/mol. The standard InChI is InChI=1S/C14H20N2O5S/c1-3-10-9-16(6-7-21-10)14(17)12-8-11(22(15,18)19)4-5-13(12)20-2/h4-5,8,10H,3,6-7,9H2,1-2H3,(H2,15,18,19). The van der Waals surface area contributed by atoms with Crippen molar-refractivity contribution in [2.45, 2.75) is 24.3 Å². The molecule has 2 N–H and O–H groups in total. The van der Waals surface area contributed by atoms with Crippen LogP contribution in [0.4, 0.5) is 0 Å². The van der Waals surface area contributed by atoms with Crippen molar-refractivity contribution in [3.8, 4) is 5.75 Å². The van der Waals surface area contributed by atoms with Gasteiger partial charge in [0.1, 0.15) is 5.75 Å². The molecule has 8 heteroatoms. The van der Waals surface area contributed by atoms with Crippen LogP contribution < -0.4 is 9.88 Å². The van der Waals surface area contributed by atoms with E-state index in [1.807, 2.05) is 6.92 Å². The largest absolute Gasteiger partial charge is 0.496 e. The molecule has 1 unspecified atom stereocenters. The van der Waals surface area contributed by atoms with Crippen molar-refractivity contribution in [2.75, 3.05) is 26.8 Å². The third-order valence-electron chi connectivity index (χ3n) is 3.61. The van der Waals surface area contributed by atoms with Crippen molar-refractivity contribution in [1.82, 2.24) is 4.90 Å². The highest BCUT2D eigenvalue weighted by Gasteiger charge is 2.27. The molecule has 1 aromatic carbocycles. The fourth-order valence-corrected chi connectivity index (χ4v) is 2.89. The maximum absolute atomic E-state index is 12.7. The lowest BCUT2D eigenvalue weighted by molar-refractivity contribution is -0.0227. The van der Waals surface area contributed by atoms with E-state index in [2.05, 4.69) is 0 Å². The number of benzene rings is 1. The maximum atomic E-state index is 12.7. The summed E-state index contributed by atoms with van der Waals surface area (Å²) < 4.78 is 33.6. The van der Waals surface area contributed by atoms with Crippen LogP contribution in [0.5, 0.6) is 5.75 Å². The number of sulfonamides is 1. The van der Waals surface area contributed by atoms with E-state index < -0.39 is 10.0 Å². The van der Waals surface area contributed by atoms with Gasteiger partial charge in [0.2, 0.25) is 10.0 Å². The van der Waals surface area contributed by atoms with Gasteiger partial charge in [-0.25, -0.2) is 13.6 Å². The van der Waals surface area contributed by atoms with Crippen LogP contribution in [0, 0.1) is 0 Å². The number of rotatable bonds is 4. The first-order valence-corrected chi connectivity index (χ1v) is 8.53. The number of nitrogens with zero attached hydrogens (tertiary/aromatic N) is 1. The van der Waals surface area contributed by atoms with Crippen molar-refractivity contribution < 1.29 is 22.7 Å². The Morgan fingerprint density at radius 1 is 1.50 bits per heavy atom. The van der Waals surface area contributed by atoms with Gasteiger partial charge in [-0.3, -0.25) is 4.79 Å². The molecule has 0 bridgehead atoms. The van der Waals surface area contributed by atoms with Gasteiger partial charge in [-0.05, 0) is 24.6 Å². The van der Waals surface area contributed by atoms with Crippen LogP contribution in [-0.4, -0.2) is 52.1 Å². The average molecular weight is 328 g/mol. The molecule has 0 radical (unpaired) electrons. The average Bonchev–Trinajstić information content (AvgIpc) is 2.52. The predicted octanol–water partition coefficient (Wildman–Crippen LogP) is 0.594. The molecule has 0 aliphatic carbocycles. The first-order chi connectivity index (χ1) is 10.4. The third kappa shape index (κ3) is 3.57. The summed E-state index contributed by atoms with van der Waals surface area (Å²) in [6.07, 6.45) is 0.795. The Balaban J connectivity index is 2.35. The Kier molecular flexibility index (Phi) is 5.05. The van der Waals surface area contributed by atoms with Crippen LogP contribution in [-0.2, 0) is 14.8 Å². The molecule has 1 aromatic rings. The quantitative estimate of drug-likeness (QED) is 0.872. The van der Waals surface area contributed by atoms with E-state index in [-0.39, 0.29) is 22.5 Å². The van der Waals surface area contributed by atoms with E-state index in [1.54, 1.807) is 4.90 Å². The molecular weight excluding hydrogens is 308 g/mol. The van der Waals surface area contributed by atoms with E-state index >= 15 is 0 Å². The van der Waals surface area contributed by atoms with Crippen molar-refractivity contribution in [3.63, 3.8) is 0 Å². The summed E-state index contributed by atoms with van der Waals surface area (Å²) in [5, 5.41) is 5.13. The number of morpholine rings is 1. The summed E-state index contributed by atoms with van der Waals surface area (Å²) in [4.78, 5) is 14.2. The second-order valence-corrected chi connectivity index (χ2v) is 6.62. The second-order valence-electron chi connectivity index (χ2n) is 5.06. The molecule has 2 rings (SSSR count). The highest BCUT2D eigenvalue weighted by Crippen LogP contribution is 2.24. The lowest BCUT2D eigenvalue weighted by atomic mass is 10.1. The van der Waals surface area contributed by atoms with Crippen molar-refractivity contribution in [1.29, 1.82) is 0 Å². The molecule has 1 saturated heterocycles. The maximum Gasteiger partial charge on any atom is 0.257 e.